The van der Waals surface area contributed by atoms with Crippen LogP contribution < -0.4 is 9.47 Å². The Morgan fingerprint density at radius 3 is 1.33 bits per heavy atom. The summed E-state index contributed by atoms with van der Waals surface area (Å²) in [5, 5.41) is 0. The largest absolute Gasteiger partial charge is 0.496 e. The van der Waals surface area contributed by atoms with Crippen LogP contribution in [0.5, 0.6) is 11.5 Å². The summed E-state index contributed by atoms with van der Waals surface area (Å²) in [6, 6.07) is 0. The van der Waals surface area contributed by atoms with E-state index < -0.39 is 0 Å². The molecule has 0 radical (unpaired) electrons. The summed E-state index contributed by atoms with van der Waals surface area (Å²) in [6.45, 7) is 8.17. The van der Waals surface area contributed by atoms with E-state index in [4.69, 9.17) is 28.4 Å². The molecular weight excluding hydrogens is 312 g/mol. The summed E-state index contributed by atoms with van der Waals surface area (Å²) >= 11 is 0. The van der Waals surface area contributed by atoms with Crippen LogP contribution in [0.25, 0.3) is 0 Å². The maximum Gasteiger partial charge on any atom is 0.130 e. The van der Waals surface area contributed by atoms with Crippen LogP contribution in [0.2, 0.25) is 0 Å². The molecule has 0 aromatic heterocycles. The molecule has 2 rings (SSSR count). The Kier molecular flexibility index (Phi) is 7.78. The monoisotopic (exact) mass is 340 g/mol. The Morgan fingerprint density at radius 1 is 0.583 bits per heavy atom. The van der Waals surface area contributed by atoms with Crippen molar-refractivity contribution in [2.75, 3.05) is 53.9 Å². The fourth-order valence-electron chi connectivity index (χ4n) is 2.88. The van der Waals surface area contributed by atoms with Gasteiger partial charge in [0.2, 0.25) is 0 Å². The molecule has 0 N–H and O–H groups in total. The van der Waals surface area contributed by atoms with Gasteiger partial charge in [0.25, 0.3) is 0 Å². The van der Waals surface area contributed by atoms with Gasteiger partial charge in [0, 0.05) is 22.3 Å². The van der Waals surface area contributed by atoms with Crippen LogP contribution in [0, 0.1) is 13.8 Å². The zero-order valence-corrected chi connectivity index (χ0v) is 15.1. The lowest BCUT2D eigenvalue weighted by Crippen LogP contribution is -2.11. The minimum absolute atomic E-state index is 0.443. The van der Waals surface area contributed by atoms with Gasteiger partial charge in [-0.2, -0.15) is 0 Å². The summed E-state index contributed by atoms with van der Waals surface area (Å²) in [6.07, 6.45) is 0. The van der Waals surface area contributed by atoms with E-state index in [9.17, 15) is 0 Å². The average molecular weight is 340 g/mol. The Labute approximate surface area is 143 Å². The van der Waals surface area contributed by atoms with E-state index in [1.54, 1.807) is 14.2 Å². The average Bonchev–Trinajstić information content (AvgIpc) is 2.59. The van der Waals surface area contributed by atoms with Gasteiger partial charge in [0.15, 0.2) is 0 Å². The predicted molar refractivity (Wildman–Crippen MR) is 90.0 cm³/mol. The first kappa shape index (κ1) is 19.0. The van der Waals surface area contributed by atoms with Gasteiger partial charge < -0.3 is 28.4 Å². The van der Waals surface area contributed by atoms with E-state index >= 15 is 0 Å². The summed E-state index contributed by atoms with van der Waals surface area (Å²) in [5.74, 6) is 1.66. The van der Waals surface area contributed by atoms with Crippen LogP contribution >= 0.6 is 0 Å². The normalized spacial score (nSPS) is 17.7. The maximum atomic E-state index is 5.77. The van der Waals surface area contributed by atoms with Gasteiger partial charge >= 0.3 is 0 Å². The first-order valence-electron chi connectivity index (χ1n) is 8.24. The molecule has 1 aliphatic heterocycles. The molecule has 6 heteroatoms. The molecule has 0 aliphatic carbocycles. The highest BCUT2D eigenvalue weighted by Crippen LogP contribution is 2.38. The van der Waals surface area contributed by atoms with Crippen LogP contribution in [-0.4, -0.2) is 53.9 Å². The van der Waals surface area contributed by atoms with E-state index in [1.807, 2.05) is 13.8 Å². The highest BCUT2D eigenvalue weighted by atomic mass is 16.6. The van der Waals surface area contributed by atoms with Crippen molar-refractivity contribution in [2.24, 2.45) is 0 Å². The van der Waals surface area contributed by atoms with Gasteiger partial charge in [-0.25, -0.2) is 0 Å². The van der Waals surface area contributed by atoms with E-state index in [1.165, 1.54) is 0 Å². The first-order valence-corrected chi connectivity index (χ1v) is 8.24. The van der Waals surface area contributed by atoms with Gasteiger partial charge in [-0.05, 0) is 13.8 Å². The fourth-order valence-corrected chi connectivity index (χ4v) is 2.88. The molecule has 136 valence electrons. The lowest BCUT2D eigenvalue weighted by atomic mass is 9.97. The van der Waals surface area contributed by atoms with Crippen molar-refractivity contribution in [1.82, 2.24) is 0 Å². The molecule has 1 aliphatic rings. The van der Waals surface area contributed by atoms with Crippen molar-refractivity contribution in [1.29, 1.82) is 0 Å². The number of hydrogen-bond donors (Lipinski definition) is 0. The highest BCUT2D eigenvalue weighted by molar-refractivity contribution is 5.58. The number of rotatable bonds is 2. The molecular formula is C18H28O6. The Morgan fingerprint density at radius 2 is 0.958 bits per heavy atom. The van der Waals surface area contributed by atoms with Crippen molar-refractivity contribution in [3.8, 4) is 11.5 Å². The third-order valence-corrected chi connectivity index (χ3v) is 4.15. The zero-order chi connectivity index (χ0) is 17.4. The van der Waals surface area contributed by atoms with Gasteiger partial charge in [-0.1, -0.05) is 0 Å². The van der Waals surface area contributed by atoms with Crippen LogP contribution in [-0.2, 0) is 32.2 Å². The van der Waals surface area contributed by atoms with Crippen LogP contribution in [0.1, 0.15) is 22.3 Å². The predicted octanol–water partition coefficient (Wildman–Crippen LogP) is 2.40. The van der Waals surface area contributed by atoms with Crippen LogP contribution in [0.15, 0.2) is 0 Å². The molecule has 1 aromatic carbocycles. The quantitative estimate of drug-likeness (QED) is 0.824. The summed E-state index contributed by atoms with van der Waals surface area (Å²) in [4.78, 5) is 0. The second kappa shape index (κ2) is 9.84. The molecule has 0 atom stereocenters. The molecule has 1 aromatic rings. The molecule has 0 saturated heterocycles. The van der Waals surface area contributed by atoms with Gasteiger partial charge in [0.05, 0.1) is 67.1 Å². The Balaban J connectivity index is 2.33. The third-order valence-electron chi connectivity index (χ3n) is 4.15. The summed E-state index contributed by atoms with van der Waals surface area (Å²) in [5.41, 5.74) is 4.04. The second-order valence-electron chi connectivity index (χ2n) is 5.60. The molecule has 0 unspecified atom stereocenters. The molecule has 0 fully saturated rings. The van der Waals surface area contributed by atoms with Gasteiger partial charge in [-0.3, -0.25) is 0 Å². The molecule has 0 spiro atoms. The Hall–Kier alpha value is -1.34. The summed E-state index contributed by atoms with van der Waals surface area (Å²) < 4.78 is 33.8. The van der Waals surface area contributed by atoms with Crippen molar-refractivity contribution in [2.45, 2.75) is 27.1 Å². The van der Waals surface area contributed by atoms with E-state index in [2.05, 4.69) is 0 Å². The van der Waals surface area contributed by atoms with Crippen molar-refractivity contribution >= 4 is 0 Å². The molecule has 0 saturated carbocycles. The molecule has 0 amide bonds. The second-order valence-corrected chi connectivity index (χ2v) is 5.60. The SMILES string of the molecule is COc1c(C)c2c(OC)c(c1C)COCCOCCOCCOC2. The summed E-state index contributed by atoms with van der Waals surface area (Å²) in [7, 11) is 3.36. The lowest BCUT2D eigenvalue weighted by molar-refractivity contribution is -0.00529. The third kappa shape index (κ3) is 4.60. The minimum atomic E-state index is 0.443. The van der Waals surface area contributed by atoms with Crippen molar-refractivity contribution < 1.29 is 28.4 Å². The lowest BCUT2D eigenvalue weighted by Gasteiger charge is -2.22. The number of benzene rings is 1. The van der Waals surface area contributed by atoms with Gasteiger partial charge in [0.1, 0.15) is 11.5 Å². The zero-order valence-electron chi connectivity index (χ0n) is 15.1. The van der Waals surface area contributed by atoms with Crippen LogP contribution in [0.4, 0.5) is 0 Å². The first-order chi connectivity index (χ1) is 11.7. The van der Waals surface area contributed by atoms with E-state index in [-0.39, 0.29) is 0 Å². The van der Waals surface area contributed by atoms with Gasteiger partial charge in [-0.15, -0.1) is 0 Å². The fraction of sp³-hybridized carbons (Fsp3) is 0.667. The molecule has 24 heavy (non-hydrogen) atoms. The van der Waals surface area contributed by atoms with E-state index in [0.29, 0.717) is 52.9 Å². The molecule has 6 nitrogen and oxygen atoms in total. The van der Waals surface area contributed by atoms with E-state index in [0.717, 1.165) is 33.8 Å². The molecule has 2 bridgehead atoms. The number of ether oxygens (including phenoxy) is 6. The van der Waals surface area contributed by atoms with Crippen molar-refractivity contribution in [3.05, 3.63) is 22.3 Å². The minimum Gasteiger partial charge on any atom is -0.496 e. The highest BCUT2D eigenvalue weighted by Gasteiger charge is 2.21. The topological polar surface area (TPSA) is 55.4 Å². The van der Waals surface area contributed by atoms with Crippen molar-refractivity contribution in [3.63, 3.8) is 0 Å². The number of fused-ring (bicyclic) bond motifs is 2. The smallest absolute Gasteiger partial charge is 0.130 e. The Bertz CT molecular complexity index is 488. The number of hydrogen-bond acceptors (Lipinski definition) is 6. The number of methoxy groups -OCH3 is 2. The standard InChI is InChI=1S/C18H28O6/c1-13-15-11-23-9-7-21-5-6-22-8-10-24-12-16(18(15)20-4)14(2)17(13)19-3/h5-12H2,1-4H3. The van der Waals surface area contributed by atoms with Crippen LogP contribution in [0.3, 0.4) is 0 Å². The molecule has 1 heterocycles. The maximum absolute atomic E-state index is 5.77.